The van der Waals surface area contributed by atoms with Crippen molar-refractivity contribution in [2.75, 3.05) is 10.6 Å². The number of nitrogen functional groups attached to an aromatic ring is 1. The summed E-state index contributed by atoms with van der Waals surface area (Å²) in [6.07, 6.45) is 3.73. The number of hydrogen-bond donors (Lipinski definition) is 1. The predicted molar refractivity (Wildman–Crippen MR) is 78.8 cm³/mol. The first-order valence-corrected chi connectivity index (χ1v) is 7.20. The van der Waals surface area contributed by atoms with Crippen molar-refractivity contribution in [1.82, 2.24) is 0 Å². The lowest BCUT2D eigenvalue weighted by Gasteiger charge is -2.42. The van der Waals surface area contributed by atoms with Gasteiger partial charge in [0.2, 0.25) is 0 Å². The molecule has 0 aromatic heterocycles. The second-order valence-corrected chi connectivity index (χ2v) is 6.13. The highest BCUT2D eigenvalue weighted by molar-refractivity contribution is 9.10. The molecule has 0 bridgehead atoms. The normalized spacial score (nSPS) is 25.1. The first-order chi connectivity index (χ1) is 8.00. The molecule has 4 heteroatoms. The molecule has 2 N–H and O–H groups in total. The van der Waals surface area contributed by atoms with Crippen LogP contribution in [0.25, 0.3) is 0 Å². The van der Waals surface area contributed by atoms with Gasteiger partial charge < -0.3 is 10.6 Å². The molecule has 1 saturated heterocycles. The van der Waals surface area contributed by atoms with Gasteiger partial charge in [-0.15, -0.1) is 0 Å². The minimum absolute atomic E-state index is 0.524. The fourth-order valence-electron chi connectivity index (χ4n) is 2.69. The Morgan fingerprint density at radius 3 is 2.41 bits per heavy atom. The standard InChI is InChI=1S/C13H18BrClN2/c1-8-4-3-5-9(2)17(8)13-11(14)6-10(16)7-12(13)15/h6-9H,3-5,16H2,1-2H3. The van der Waals surface area contributed by atoms with Gasteiger partial charge in [-0.2, -0.15) is 0 Å². The number of rotatable bonds is 1. The Morgan fingerprint density at radius 2 is 1.88 bits per heavy atom. The highest BCUT2D eigenvalue weighted by Gasteiger charge is 2.28. The van der Waals surface area contributed by atoms with E-state index in [1.165, 1.54) is 19.3 Å². The van der Waals surface area contributed by atoms with Crippen LogP contribution in [-0.2, 0) is 0 Å². The first kappa shape index (κ1) is 13.0. The maximum Gasteiger partial charge on any atom is 0.0706 e. The van der Waals surface area contributed by atoms with E-state index in [2.05, 4.69) is 34.7 Å². The molecule has 94 valence electrons. The fourth-order valence-corrected chi connectivity index (χ4v) is 3.82. The molecule has 17 heavy (non-hydrogen) atoms. The predicted octanol–water partition coefficient (Wildman–Crippen LogP) is 4.45. The fraction of sp³-hybridized carbons (Fsp3) is 0.538. The van der Waals surface area contributed by atoms with Gasteiger partial charge in [-0.1, -0.05) is 11.6 Å². The molecule has 1 heterocycles. The van der Waals surface area contributed by atoms with Crippen LogP contribution in [0.1, 0.15) is 33.1 Å². The molecule has 0 aliphatic carbocycles. The van der Waals surface area contributed by atoms with Crippen LogP contribution in [0, 0.1) is 0 Å². The van der Waals surface area contributed by atoms with Gasteiger partial charge in [0.05, 0.1) is 10.7 Å². The average molecular weight is 318 g/mol. The summed E-state index contributed by atoms with van der Waals surface area (Å²) in [5, 5.41) is 0.734. The van der Waals surface area contributed by atoms with Gasteiger partial charge in [-0.05, 0) is 61.2 Å². The van der Waals surface area contributed by atoms with Crippen LogP contribution in [0.15, 0.2) is 16.6 Å². The topological polar surface area (TPSA) is 29.3 Å². The van der Waals surface area contributed by atoms with Gasteiger partial charge in [0.15, 0.2) is 0 Å². The van der Waals surface area contributed by atoms with Crippen LogP contribution in [-0.4, -0.2) is 12.1 Å². The smallest absolute Gasteiger partial charge is 0.0706 e. The van der Waals surface area contributed by atoms with Gasteiger partial charge in [-0.3, -0.25) is 0 Å². The number of anilines is 2. The second kappa shape index (κ2) is 5.07. The monoisotopic (exact) mass is 316 g/mol. The van der Waals surface area contributed by atoms with Crippen molar-refractivity contribution in [3.05, 3.63) is 21.6 Å². The van der Waals surface area contributed by atoms with E-state index in [0.717, 1.165) is 15.2 Å². The lowest BCUT2D eigenvalue weighted by molar-refractivity contribution is 0.414. The van der Waals surface area contributed by atoms with Crippen molar-refractivity contribution >= 4 is 38.9 Å². The SMILES string of the molecule is CC1CCCC(C)N1c1c(Cl)cc(N)cc1Br. The minimum atomic E-state index is 0.524. The van der Waals surface area contributed by atoms with Crippen molar-refractivity contribution in [1.29, 1.82) is 0 Å². The summed E-state index contributed by atoms with van der Waals surface area (Å²) in [6.45, 7) is 4.52. The van der Waals surface area contributed by atoms with E-state index in [1.54, 1.807) is 0 Å². The van der Waals surface area contributed by atoms with E-state index >= 15 is 0 Å². The van der Waals surface area contributed by atoms with Crippen molar-refractivity contribution in [3.8, 4) is 0 Å². The molecule has 0 amide bonds. The second-order valence-electron chi connectivity index (χ2n) is 4.87. The summed E-state index contributed by atoms with van der Waals surface area (Å²) in [7, 11) is 0. The molecule has 1 aromatic carbocycles. The molecule has 0 radical (unpaired) electrons. The maximum atomic E-state index is 6.35. The number of hydrogen-bond acceptors (Lipinski definition) is 2. The summed E-state index contributed by atoms with van der Waals surface area (Å²) < 4.78 is 0.989. The summed E-state index contributed by atoms with van der Waals surface area (Å²) >= 11 is 9.93. The van der Waals surface area contributed by atoms with Crippen molar-refractivity contribution in [3.63, 3.8) is 0 Å². The molecule has 1 aliphatic rings. The first-order valence-electron chi connectivity index (χ1n) is 6.03. The molecular formula is C13H18BrClN2. The van der Waals surface area contributed by atoms with E-state index in [0.29, 0.717) is 17.8 Å². The molecular weight excluding hydrogens is 300 g/mol. The third-order valence-electron chi connectivity index (χ3n) is 3.49. The quantitative estimate of drug-likeness (QED) is 0.775. The molecule has 0 spiro atoms. The van der Waals surface area contributed by atoms with Crippen LogP contribution in [0.2, 0.25) is 5.02 Å². The highest BCUT2D eigenvalue weighted by atomic mass is 79.9. The lowest BCUT2D eigenvalue weighted by Crippen LogP contribution is -2.44. The van der Waals surface area contributed by atoms with Crippen LogP contribution in [0.5, 0.6) is 0 Å². The summed E-state index contributed by atoms with van der Waals surface area (Å²) in [5.41, 5.74) is 7.58. The Morgan fingerprint density at radius 1 is 1.29 bits per heavy atom. The summed E-state index contributed by atoms with van der Waals surface area (Å²) in [6, 6.07) is 4.80. The molecule has 1 aliphatic heterocycles. The Hall–Kier alpha value is -0.410. The molecule has 0 saturated carbocycles. The van der Waals surface area contributed by atoms with Crippen LogP contribution in [0.4, 0.5) is 11.4 Å². The van der Waals surface area contributed by atoms with E-state index in [1.807, 2.05) is 12.1 Å². The van der Waals surface area contributed by atoms with Gasteiger partial charge in [-0.25, -0.2) is 0 Å². The number of halogens is 2. The molecule has 1 aromatic rings. The summed E-state index contributed by atoms with van der Waals surface area (Å²) in [5.74, 6) is 0. The third-order valence-corrected chi connectivity index (χ3v) is 4.38. The molecule has 2 atom stereocenters. The van der Waals surface area contributed by atoms with Gasteiger partial charge in [0, 0.05) is 22.2 Å². The largest absolute Gasteiger partial charge is 0.399 e. The van der Waals surface area contributed by atoms with Crippen LogP contribution >= 0.6 is 27.5 Å². The van der Waals surface area contributed by atoms with E-state index in [9.17, 15) is 0 Å². The number of benzene rings is 1. The summed E-state index contributed by atoms with van der Waals surface area (Å²) in [4.78, 5) is 2.41. The molecule has 2 nitrogen and oxygen atoms in total. The van der Waals surface area contributed by atoms with Crippen molar-refractivity contribution in [2.45, 2.75) is 45.2 Å². The molecule has 2 rings (SSSR count). The van der Waals surface area contributed by atoms with Gasteiger partial charge >= 0.3 is 0 Å². The zero-order chi connectivity index (χ0) is 12.6. The Kier molecular flexibility index (Phi) is 3.88. The average Bonchev–Trinajstić information content (AvgIpc) is 2.21. The minimum Gasteiger partial charge on any atom is -0.399 e. The van der Waals surface area contributed by atoms with Crippen molar-refractivity contribution < 1.29 is 0 Å². The Bertz CT molecular complexity index is 389. The molecule has 2 unspecified atom stereocenters. The van der Waals surface area contributed by atoms with E-state index < -0.39 is 0 Å². The van der Waals surface area contributed by atoms with E-state index in [-0.39, 0.29) is 0 Å². The Labute approximate surface area is 116 Å². The zero-order valence-corrected chi connectivity index (χ0v) is 12.6. The maximum absolute atomic E-state index is 6.35. The Balaban J connectivity index is 2.44. The molecule has 1 fully saturated rings. The third kappa shape index (κ3) is 2.55. The number of nitrogens with zero attached hydrogens (tertiary/aromatic N) is 1. The van der Waals surface area contributed by atoms with Gasteiger partial charge in [0.1, 0.15) is 0 Å². The number of piperidine rings is 1. The van der Waals surface area contributed by atoms with Crippen LogP contribution < -0.4 is 10.6 Å². The lowest BCUT2D eigenvalue weighted by atomic mass is 9.96. The highest BCUT2D eigenvalue weighted by Crippen LogP contribution is 2.40. The zero-order valence-electron chi connectivity index (χ0n) is 10.2. The van der Waals surface area contributed by atoms with Crippen LogP contribution in [0.3, 0.4) is 0 Å². The van der Waals surface area contributed by atoms with Crippen molar-refractivity contribution in [2.24, 2.45) is 0 Å². The van der Waals surface area contributed by atoms with Gasteiger partial charge in [0.25, 0.3) is 0 Å². The number of nitrogens with two attached hydrogens (primary N) is 1. The van der Waals surface area contributed by atoms with E-state index in [4.69, 9.17) is 17.3 Å².